The molecule has 0 radical (unpaired) electrons. The standard InChI is InChI=1S/C26H25N5O2S/c1-5-29-17(3)14-21(18(29)4)23(32)15-34-26-28-27-25-30(19-12-10-16(2)11-13-19)24(33)20-8-6-7-9-22(20)31(25)26/h6-14H,5,15H2,1-4H3. The zero-order valence-corrected chi connectivity index (χ0v) is 20.4. The minimum absolute atomic E-state index is 0.0470. The van der Waals surface area contributed by atoms with Gasteiger partial charge in [-0.2, -0.15) is 0 Å². The number of aryl methyl sites for hydroxylation is 2. The van der Waals surface area contributed by atoms with E-state index in [2.05, 4.69) is 21.7 Å². The molecule has 0 saturated carbocycles. The van der Waals surface area contributed by atoms with Gasteiger partial charge < -0.3 is 4.57 Å². The molecule has 0 bridgehead atoms. The van der Waals surface area contributed by atoms with Crippen LogP contribution in [0, 0.1) is 20.8 Å². The summed E-state index contributed by atoms with van der Waals surface area (Å²) in [6, 6.07) is 17.1. The van der Waals surface area contributed by atoms with Crippen molar-refractivity contribution in [3.8, 4) is 5.69 Å². The largest absolute Gasteiger partial charge is 0.349 e. The van der Waals surface area contributed by atoms with Crippen LogP contribution in [-0.2, 0) is 6.54 Å². The molecule has 0 spiro atoms. The number of aromatic nitrogens is 5. The van der Waals surface area contributed by atoms with Crippen LogP contribution < -0.4 is 5.56 Å². The normalized spacial score (nSPS) is 11.5. The summed E-state index contributed by atoms with van der Waals surface area (Å²) in [5.41, 5.74) is 5.19. The molecule has 0 aliphatic carbocycles. The van der Waals surface area contributed by atoms with Gasteiger partial charge in [-0.3, -0.25) is 14.0 Å². The zero-order chi connectivity index (χ0) is 24.0. The Hall–Kier alpha value is -3.65. The van der Waals surface area contributed by atoms with Gasteiger partial charge in [-0.25, -0.2) is 4.57 Å². The molecule has 5 rings (SSSR count). The van der Waals surface area contributed by atoms with Crippen LogP contribution in [0.15, 0.2) is 64.5 Å². The second-order valence-electron chi connectivity index (χ2n) is 8.35. The highest BCUT2D eigenvalue weighted by Crippen LogP contribution is 2.25. The molecule has 0 aliphatic heterocycles. The average molecular weight is 472 g/mol. The van der Waals surface area contributed by atoms with Gasteiger partial charge in [0.2, 0.25) is 5.78 Å². The van der Waals surface area contributed by atoms with E-state index in [-0.39, 0.29) is 17.1 Å². The third kappa shape index (κ3) is 3.54. The maximum Gasteiger partial charge on any atom is 0.267 e. The van der Waals surface area contributed by atoms with Crippen LogP contribution in [0.5, 0.6) is 0 Å². The molecule has 7 nitrogen and oxygen atoms in total. The molecule has 8 heteroatoms. The van der Waals surface area contributed by atoms with Crippen molar-refractivity contribution in [1.82, 2.24) is 23.7 Å². The van der Waals surface area contributed by atoms with Gasteiger partial charge in [0.25, 0.3) is 5.56 Å². The molecular weight excluding hydrogens is 446 g/mol. The fraction of sp³-hybridized carbons (Fsp3) is 0.231. The predicted octanol–water partition coefficient (Wildman–Crippen LogP) is 4.76. The Morgan fingerprint density at radius 2 is 1.74 bits per heavy atom. The summed E-state index contributed by atoms with van der Waals surface area (Å²) in [5.74, 6) is 0.699. The van der Waals surface area contributed by atoms with Crippen molar-refractivity contribution in [2.45, 2.75) is 39.4 Å². The molecular formula is C26H25N5O2S. The SMILES string of the molecule is CCn1c(C)cc(C(=O)CSc2nnc3n(-c4ccc(C)cc4)c(=O)c4ccccc4n23)c1C. The van der Waals surface area contributed by atoms with Gasteiger partial charge in [0, 0.05) is 23.5 Å². The lowest BCUT2D eigenvalue weighted by Gasteiger charge is -2.11. The van der Waals surface area contributed by atoms with Crippen molar-refractivity contribution >= 4 is 34.2 Å². The van der Waals surface area contributed by atoms with E-state index in [0.29, 0.717) is 16.3 Å². The molecule has 3 heterocycles. The molecule has 0 saturated heterocycles. The van der Waals surface area contributed by atoms with Crippen molar-refractivity contribution < 1.29 is 4.79 Å². The van der Waals surface area contributed by atoms with Crippen LogP contribution in [-0.4, -0.2) is 35.3 Å². The first-order chi connectivity index (χ1) is 16.4. The fourth-order valence-electron chi connectivity index (χ4n) is 4.48. The van der Waals surface area contributed by atoms with Crippen LogP contribution in [0.3, 0.4) is 0 Å². The first-order valence-corrected chi connectivity index (χ1v) is 12.2. The van der Waals surface area contributed by atoms with Gasteiger partial charge in [0.05, 0.1) is 22.3 Å². The number of nitrogens with zero attached hydrogens (tertiary/aromatic N) is 5. The summed E-state index contributed by atoms with van der Waals surface area (Å²) in [7, 11) is 0. The lowest BCUT2D eigenvalue weighted by atomic mass is 10.2. The van der Waals surface area contributed by atoms with E-state index in [9.17, 15) is 9.59 Å². The van der Waals surface area contributed by atoms with Crippen LogP contribution >= 0.6 is 11.8 Å². The highest BCUT2D eigenvalue weighted by Gasteiger charge is 2.20. The van der Waals surface area contributed by atoms with E-state index in [1.54, 1.807) is 10.6 Å². The minimum Gasteiger partial charge on any atom is -0.349 e. The molecule has 3 aromatic heterocycles. The number of carbonyl (C=O) groups is 1. The average Bonchev–Trinajstić information content (AvgIpc) is 3.39. The van der Waals surface area contributed by atoms with E-state index in [1.807, 2.05) is 73.7 Å². The van der Waals surface area contributed by atoms with E-state index >= 15 is 0 Å². The number of hydrogen-bond donors (Lipinski definition) is 0. The van der Waals surface area contributed by atoms with Crippen LogP contribution in [0.4, 0.5) is 0 Å². The maximum absolute atomic E-state index is 13.4. The van der Waals surface area contributed by atoms with Gasteiger partial charge in [-0.05, 0) is 58.0 Å². The quantitative estimate of drug-likeness (QED) is 0.264. The van der Waals surface area contributed by atoms with Gasteiger partial charge in [0.15, 0.2) is 10.9 Å². The third-order valence-corrected chi connectivity index (χ3v) is 7.14. The highest BCUT2D eigenvalue weighted by molar-refractivity contribution is 7.99. The van der Waals surface area contributed by atoms with Crippen LogP contribution in [0.2, 0.25) is 0 Å². The van der Waals surface area contributed by atoms with Crippen molar-refractivity contribution in [3.63, 3.8) is 0 Å². The minimum atomic E-state index is -0.154. The second-order valence-corrected chi connectivity index (χ2v) is 9.29. The Morgan fingerprint density at radius 3 is 2.44 bits per heavy atom. The number of ketones is 1. The Labute approximate surface area is 201 Å². The van der Waals surface area contributed by atoms with E-state index in [4.69, 9.17) is 0 Å². The zero-order valence-electron chi connectivity index (χ0n) is 19.6. The summed E-state index contributed by atoms with van der Waals surface area (Å²) in [5, 5.41) is 9.88. The monoisotopic (exact) mass is 471 g/mol. The Balaban J connectivity index is 1.60. The smallest absolute Gasteiger partial charge is 0.267 e. The Morgan fingerprint density at radius 1 is 1.00 bits per heavy atom. The Kier molecular flexibility index (Phi) is 5.61. The van der Waals surface area contributed by atoms with Crippen molar-refractivity contribution in [1.29, 1.82) is 0 Å². The van der Waals surface area contributed by atoms with Gasteiger partial charge >= 0.3 is 0 Å². The maximum atomic E-state index is 13.4. The fourth-order valence-corrected chi connectivity index (χ4v) is 5.30. The molecule has 34 heavy (non-hydrogen) atoms. The molecule has 0 amide bonds. The van der Waals surface area contributed by atoms with Crippen LogP contribution in [0.25, 0.3) is 22.4 Å². The summed E-state index contributed by atoms with van der Waals surface area (Å²) in [4.78, 5) is 26.5. The first-order valence-electron chi connectivity index (χ1n) is 11.2. The van der Waals surface area contributed by atoms with Crippen LogP contribution in [0.1, 0.15) is 34.2 Å². The Bertz CT molecular complexity index is 1610. The van der Waals surface area contributed by atoms with E-state index < -0.39 is 0 Å². The summed E-state index contributed by atoms with van der Waals surface area (Å²) in [6.07, 6.45) is 0. The number of para-hydroxylation sites is 1. The van der Waals surface area contributed by atoms with Crippen molar-refractivity contribution in [2.24, 2.45) is 0 Å². The summed E-state index contributed by atoms with van der Waals surface area (Å²) in [6.45, 7) is 8.90. The molecule has 0 atom stereocenters. The number of carbonyl (C=O) groups excluding carboxylic acids is 1. The molecule has 2 aromatic carbocycles. The highest BCUT2D eigenvalue weighted by atomic mass is 32.2. The van der Waals surface area contributed by atoms with Crippen molar-refractivity contribution in [3.05, 3.63) is 87.5 Å². The number of hydrogen-bond acceptors (Lipinski definition) is 5. The number of fused-ring (bicyclic) bond motifs is 3. The topological polar surface area (TPSA) is 74.2 Å². The first kappa shape index (κ1) is 22.2. The van der Waals surface area contributed by atoms with E-state index in [1.165, 1.54) is 11.8 Å². The van der Waals surface area contributed by atoms with Gasteiger partial charge in [-0.1, -0.05) is 41.6 Å². The molecule has 172 valence electrons. The van der Waals surface area contributed by atoms with Gasteiger partial charge in [-0.15, -0.1) is 10.2 Å². The predicted molar refractivity (Wildman–Crippen MR) is 135 cm³/mol. The second kappa shape index (κ2) is 8.61. The molecule has 0 aliphatic rings. The molecule has 0 unspecified atom stereocenters. The molecule has 0 fully saturated rings. The van der Waals surface area contributed by atoms with E-state index in [0.717, 1.165) is 40.3 Å². The molecule has 5 aromatic rings. The number of thioether (sulfide) groups is 1. The molecule has 0 N–H and O–H groups in total. The lowest BCUT2D eigenvalue weighted by molar-refractivity contribution is 0.102. The number of Topliss-reactive ketones (excluding diaryl/α,β-unsaturated/α-hetero) is 1. The lowest BCUT2D eigenvalue weighted by Crippen LogP contribution is -2.21. The van der Waals surface area contributed by atoms with Crippen molar-refractivity contribution in [2.75, 3.05) is 5.75 Å². The summed E-state index contributed by atoms with van der Waals surface area (Å²) < 4.78 is 5.58. The number of benzene rings is 2. The summed E-state index contributed by atoms with van der Waals surface area (Å²) >= 11 is 1.33. The third-order valence-electron chi connectivity index (χ3n) is 6.21. The van der Waals surface area contributed by atoms with Gasteiger partial charge in [0.1, 0.15) is 0 Å². The number of rotatable bonds is 6.